The van der Waals surface area contributed by atoms with Crippen molar-refractivity contribution in [2.24, 2.45) is 0 Å². The van der Waals surface area contributed by atoms with Crippen LogP contribution in [0.3, 0.4) is 0 Å². The number of hydrogen-bond donors (Lipinski definition) is 1. The average molecular weight is 262 g/mol. The number of unbranched alkanes of at least 4 members (excludes halogenated alkanes) is 1. The summed E-state index contributed by atoms with van der Waals surface area (Å²) < 4.78 is 0. The van der Waals surface area contributed by atoms with Crippen LogP contribution < -0.4 is 5.32 Å². The molecule has 0 aliphatic carbocycles. The van der Waals surface area contributed by atoms with Gasteiger partial charge in [0.25, 0.3) is 0 Å². The van der Waals surface area contributed by atoms with Gasteiger partial charge in [-0.15, -0.1) is 0 Å². The van der Waals surface area contributed by atoms with Crippen LogP contribution >= 0.6 is 23.2 Å². The monoisotopic (exact) mass is 261 g/mol. The van der Waals surface area contributed by atoms with E-state index in [1.165, 1.54) is 0 Å². The fourth-order valence-electron chi connectivity index (χ4n) is 1.30. The maximum atomic E-state index is 5.98. The number of anilines is 1. The van der Waals surface area contributed by atoms with Gasteiger partial charge in [-0.05, 0) is 39.5 Å². The summed E-state index contributed by atoms with van der Waals surface area (Å²) in [6.45, 7) is 1.98. The fourth-order valence-corrected chi connectivity index (χ4v) is 1.75. The van der Waals surface area contributed by atoms with Crippen LogP contribution in [0.2, 0.25) is 10.0 Å². The highest BCUT2D eigenvalue weighted by Crippen LogP contribution is 2.22. The molecule has 0 atom stereocenters. The van der Waals surface area contributed by atoms with Crippen LogP contribution in [0, 0.1) is 0 Å². The van der Waals surface area contributed by atoms with Crippen molar-refractivity contribution in [3.05, 3.63) is 22.3 Å². The average Bonchev–Trinajstić information content (AvgIpc) is 2.20. The first-order chi connectivity index (χ1) is 7.59. The van der Waals surface area contributed by atoms with Crippen LogP contribution in [0.25, 0.3) is 0 Å². The number of pyridine rings is 1. The lowest BCUT2D eigenvalue weighted by molar-refractivity contribution is 0.396. The van der Waals surface area contributed by atoms with E-state index in [9.17, 15) is 0 Å². The van der Waals surface area contributed by atoms with Gasteiger partial charge in [0.15, 0.2) is 0 Å². The Balaban J connectivity index is 2.27. The van der Waals surface area contributed by atoms with Gasteiger partial charge in [-0.1, -0.05) is 23.2 Å². The van der Waals surface area contributed by atoms with Gasteiger partial charge >= 0.3 is 0 Å². The molecule has 5 heteroatoms. The predicted octanol–water partition coefficient (Wildman–Crippen LogP) is 3.14. The summed E-state index contributed by atoms with van der Waals surface area (Å²) in [4.78, 5) is 6.30. The number of aromatic nitrogens is 1. The Morgan fingerprint density at radius 3 is 2.69 bits per heavy atom. The lowest BCUT2D eigenvalue weighted by Crippen LogP contribution is -2.14. The predicted molar refractivity (Wildman–Crippen MR) is 70.5 cm³/mol. The standard InChI is InChI=1S/C11H17Cl2N3/c1-16(2)6-4-3-5-14-11-10(13)7-9(12)8-15-11/h7-8H,3-6H2,1-2H3,(H,14,15). The minimum atomic E-state index is 0.558. The minimum absolute atomic E-state index is 0.558. The molecular weight excluding hydrogens is 245 g/mol. The molecule has 0 radical (unpaired) electrons. The summed E-state index contributed by atoms with van der Waals surface area (Å²) in [7, 11) is 4.15. The number of nitrogens with one attached hydrogen (secondary N) is 1. The summed E-state index contributed by atoms with van der Waals surface area (Å²) >= 11 is 11.7. The van der Waals surface area contributed by atoms with Gasteiger partial charge < -0.3 is 10.2 Å². The van der Waals surface area contributed by atoms with Crippen LogP contribution in [0.15, 0.2) is 12.3 Å². The van der Waals surface area contributed by atoms with Gasteiger partial charge in [0, 0.05) is 12.7 Å². The molecule has 0 spiro atoms. The van der Waals surface area contributed by atoms with Crippen LogP contribution in [0.4, 0.5) is 5.82 Å². The van der Waals surface area contributed by atoms with E-state index in [1.807, 2.05) is 0 Å². The lowest BCUT2D eigenvalue weighted by Gasteiger charge is -2.10. The number of hydrogen-bond acceptors (Lipinski definition) is 3. The molecule has 1 aromatic heterocycles. The maximum Gasteiger partial charge on any atom is 0.144 e. The first-order valence-corrected chi connectivity index (χ1v) is 6.05. The summed E-state index contributed by atoms with van der Waals surface area (Å²) in [5, 5.41) is 4.32. The fraction of sp³-hybridized carbons (Fsp3) is 0.545. The Morgan fingerprint density at radius 2 is 2.06 bits per heavy atom. The molecule has 0 saturated heterocycles. The van der Waals surface area contributed by atoms with E-state index in [0.717, 1.165) is 25.9 Å². The van der Waals surface area contributed by atoms with Crippen LogP contribution in [-0.4, -0.2) is 37.1 Å². The summed E-state index contributed by atoms with van der Waals surface area (Å²) in [6.07, 6.45) is 3.85. The lowest BCUT2D eigenvalue weighted by atomic mass is 10.3. The van der Waals surface area contributed by atoms with E-state index in [-0.39, 0.29) is 0 Å². The van der Waals surface area contributed by atoms with Crippen LogP contribution in [0.1, 0.15) is 12.8 Å². The third-order valence-electron chi connectivity index (χ3n) is 2.13. The zero-order valence-corrected chi connectivity index (χ0v) is 11.1. The molecule has 1 aromatic rings. The van der Waals surface area contributed by atoms with E-state index in [2.05, 4.69) is 29.3 Å². The zero-order valence-electron chi connectivity index (χ0n) is 9.63. The first kappa shape index (κ1) is 13.6. The van der Waals surface area contributed by atoms with E-state index < -0.39 is 0 Å². The smallest absolute Gasteiger partial charge is 0.144 e. The van der Waals surface area contributed by atoms with Crippen molar-refractivity contribution < 1.29 is 0 Å². The normalized spacial score (nSPS) is 10.8. The molecule has 16 heavy (non-hydrogen) atoms. The second-order valence-electron chi connectivity index (χ2n) is 3.92. The Hall–Kier alpha value is -0.510. The van der Waals surface area contributed by atoms with E-state index >= 15 is 0 Å². The van der Waals surface area contributed by atoms with Crippen molar-refractivity contribution in [1.29, 1.82) is 0 Å². The van der Waals surface area contributed by atoms with Gasteiger partial charge in [-0.2, -0.15) is 0 Å². The zero-order chi connectivity index (χ0) is 12.0. The highest BCUT2D eigenvalue weighted by Gasteiger charge is 2.01. The second kappa shape index (κ2) is 6.94. The Morgan fingerprint density at radius 1 is 1.31 bits per heavy atom. The quantitative estimate of drug-likeness (QED) is 0.798. The van der Waals surface area contributed by atoms with Crippen molar-refractivity contribution in [2.75, 3.05) is 32.5 Å². The molecule has 0 saturated carbocycles. The minimum Gasteiger partial charge on any atom is -0.369 e. The number of rotatable bonds is 6. The molecule has 0 unspecified atom stereocenters. The SMILES string of the molecule is CN(C)CCCCNc1ncc(Cl)cc1Cl. The van der Waals surface area contributed by atoms with E-state index in [0.29, 0.717) is 15.9 Å². The molecule has 0 bridgehead atoms. The molecule has 0 amide bonds. The molecular formula is C11H17Cl2N3. The number of nitrogens with zero attached hydrogens (tertiary/aromatic N) is 2. The molecule has 1 heterocycles. The summed E-state index contributed by atoms with van der Waals surface area (Å²) in [5.41, 5.74) is 0. The molecule has 90 valence electrons. The van der Waals surface area contributed by atoms with Crippen molar-refractivity contribution in [1.82, 2.24) is 9.88 Å². The van der Waals surface area contributed by atoms with Crippen LogP contribution in [0.5, 0.6) is 0 Å². The number of halogens is 2. The third kappa shape index (κ3) is 5.01. The molecule has 1 N–H and O–H groups in total. The Bertz CT molecular complexity index is 329. The van der Waals surface area contributed by atoms with Crippen molar-refractivity contribution in [3.8, 4) is 0 Å². The van der Waals surface area contributed by atoms with E-state index in [4.69, 9.17) is 23.2 Å². The topological polar surface area (TPSA) is 28.2 Å². The van der Waals surface area contributed by atoms with Gasteiger partial charge in [0.1, 0.15) is 5.82 Å². The first-order valence-electron chi connectivity index (χ1n) is 5.29. The molecule has 0 aliphatic heterocycles. The molecule has 3 nitrogen and oxygen atoms in total. The molecule has 0 fully saturated rings. The van der Waals surface area contributed by atoms with Gasteiger partial charge in [-0.3, -0.25) is 0 Å². The highest BCUT2D eigenvalue weighted by molar-refractivity contribution is 6.35. The molecule has 0 aliphatic rings. The Kier molecular flexibility index (Phi) is 5.88. The van der Waals surface area contributed by atoms with Gasteiger partial charge in [0.2, 0.25) is 0 Å². The highest BCUT2D eigenvalue weighted by atomic mass is 35.5. The second-order valence-corrected chi connectivity index (χ2v) is 4.76. The third-order valence-corrected chi connectivity index (χ3v) is 2.63. The van der Waals surface area contributed by atoms with Gasteiger partial charge in [0.05, 0.1) is 10.0 Å². The van der Waals surface area contributed by atoms with Crippen molar-refractivity contribution in [2.45, 2.75) is 12.8 Å². The summed E-state index contributed by atoms with van der Waals surface area (Å²) in [6, 6.07) is 1.69. The van der Waals surface area contributed by atoms with Crippen molar-refractivity contribution >= 4 is 29.0 Å². The molecule has 0 aromatic carbocycles. The summed E-state index contributed by atoms with van der Waals surface area (Å²) in [5.74, 6) is 0.705. The van der Waals surface area contributed by atoms with E-state index in [1.54, 1.807) is 12.3 Å². The van der Waals surface area contributed by atoms with Gasteiger partial charge in [-0.25, -0.2) is 4.98 Å². The molecule has 1 rings (SSSR count). The van der Waals surface area contributed by atoms with Crippen LogP contribution in [-0.2, 0) is 0 Å². The maximum absolute atomic E-state index is 5.98. The largest absolute Gasteiger partial charge is 0.369 e. The Labute approximate surface area is 107 Å². The van der Waals surface area contributed by atoms with Crippen molar-refractivity contribution in [3.63, 3.8) is 0 Å².